The molecule has 0 bridgehead atoms. The van der Waals surface area contributed by atoms with E-state index in [2.05, 4.69) is 29.6 Å². The summed E-state index contributed by atoms with van der Waals surface area (Å²) in [5.74, 6) is 0. The first-order valence-corrected chi connectivity index (χ1v) is 10.4. The Morgan fingerprint density at radius 2 is 2.04 bits per heavy atom. The average molecular weight is 377 g/mol. The Hall–Kier alpha value is -1.60. The quantitative estimate of drug-likeness (QED) is 0.847. The summed E-state index contributed by atoms with van der Waals surface area (Å²) in [7, 11) is 0. The van der Waals surface area contributed by atoms with E-state index in [1.807, 2.05) is 16.9 Å². The van der Waals surface area contributed by atoms with Crippen molar-refractivity contribution in [2.24, 2.45) is 5.41 Å². The van der Waals surface area contributed by atoms with Crippen LogP contribution in [0.15, 0.2) is 12.3 Å². The summed E-state index contributed by atoms with van der Waals surface area (Å²) in [4.78, 5) is 12.8. The first-order valence-electron chi connectivity index (χ1n) is 10.4. The molecule has 1 aromatic heterocycles. The molecule has 2 amide bonds. The van der Waals surface area contributed by atoms with E-state index < -0.39 is 0 Å². The van der Waals surface area contributed by atoms with Crippen molar-refractivity contribution in [3.05, 3.63) is 18.0 Å². The van der Waals surface area contributed by atoms with E-state index in [0.717, 1.165) is 44.6 Å². The maximum atomic E-state index is 12.8. The predicted octanol–water partition coefficient (Wildman–Crippen LogP) is 2.94. The molecule has 3 fully saturated rings. The standard InChI is InChI=1S/C20H32N4O3/c1-14(2)24-16(5-10-21-24)18-15(6-11-27-18)22-19(25)23-17-4-3-7-20(17)8-12-26-13-9-20/h5,10,14-15,17-18H,3-4,6-9,11-13H2,1-2H3,(H2,22,23,25)/t15-,17?,18-/m0/s1. The lowest BCUT2D eigenvalue weighted by atomic mass is 9.75. The molecule has 7 heteroatoms. The summed E-state index contributed by atoms with van der Waals surface area (Å²) in [6.07, 6.45) is 8.06. The van der Waals surface area contributed by atoms with Crippen LogP contribution in [-0.4, -0.2) is 47.7 Å². The number of carbonyl (C=O) groups excluding carboxylic acids is 1. The van der Waals surface area contributed by atoms with Gasteiger partial charge >= 0.3 is 6.03 Å². The van der Waals surface area contributed by atoms with Crippen LogP contribution >= 0.6 is 0 Å². The van der Waals surface area contributed by atoms with Gasteiger partial charge in [0.05, 0.1) is 11.7 Å². The lowest BCUT2D eigenvalue weighted by molar-refractivity contribution is 0.00610. The number of amides is 2. The number of nitrogens with zero attached hydrogens (tertiary/aromatic N) is 2. The van der Waals surface area contributed by atoms with Gasteiger partial charge in [-0.15, -0.1) is 0 Å². The Morgan fingerprint density at radius 3 is 2.81 bits per heavy atom. The highest BCUT2D eigenvalue weighted by Crippen LogP contribution is 2.46. The number of nitrogens with one attached hydrogen (secondary N) is 2. The highest BCUT2D eigenvalue weighted by atomic mass is 16.5. The smallest absolute Gasteiger partial charge is 0.315 e. The largest absolute Gasteiger partial charge is 0.381 e. The molecule has 1 saturated carbocycles. The second-order valence-corrected chi connectivity index (χ2v) is 8.52. The number of aromatic nitrogens is 2. The van der Waals surface area contributed by atoms with Crippen molar-refractivity contribution in [1.82, 2.24) is 20.4 Å². The monoisotopic (exact) mass is 376 g/mol. The van der Waals surface area contributed by atoms with Crippen molar-refractivity contribution in [2.45, 2.75) is 76.6 Å². The van der Waals surface area contributed by atoms with E-state index >= 15 is 0 Å². The molecule has 0 radical (unpaired) electrons. The molecule has 2 aliphatic heterocycles. The first-order chi connectivity index (χ1) is 13.1. The van der Waals surface area contributed by atoms with Gasteiger partial charge < -0.3 is 20.1 Å². The average Bonchev–Trinajstić information content (AvgIpc) is 3.37. The molecule has 1 aliphatic carbocycles. The maximum Gasteiger partial charge on any atom is 0.315 e. The molecule has 0 aromatic carbocycles. The van der Waals surface area contributed by atoms with Gasteiger partial charge in [-0.2, -0.15) is 5.10 Å². The second kappa shape index (κ2) is 7.80. The molecule has 3 atom stereocenters. The Kier molecular flexibility index (Phi) is 5.41. The SMILES string of the molecule is CC(C)n1nccc1[C@H]1OCC[C@@H]1NC(=O)NC1CCCC12CCOCC2. The lowest BCUT2D eigenvalue weighted by Crippen LogP contribution is -2.52. The van der Waals surface area contributed by atoms with E-state index in [4.69, 9.17) is 9.47 Å². The highest BCUT2D eigenvalue weighted by molar-refractivity contribution is 5.75. The number of hydrogen-bond donors (Lipinski definition) is 2. The molecule has 1 unspecified atom stereocenters. The molecular formula is C20H32N4O3. The minimum atomic E-state index is -0.138. The molecule has 1 spiro atoms. The fourth-order valence-corrected chi connectivity index (χ4v) is 5.12. The summed E-state index contributed by atoms with van der Waals surface area (Å²) in [6, 6.07) is 2.43. The van der Waals surface area contributed by atoms with E-state index in [-0.39, 0.29) is 35.7 Å². The Bertz CT molecular complexity index is 653. The second-order valence-electron chi connectivity index (χ2n) is 8.52. The summed E-state index contributed by atoms with van der Waals surface area (Å²) in [5, 5.41) is 10.9. The molecule has 1 aromatic rings. The topological polar surface area (TPSA) is 77.4 Å². The molecular weight excluding hydrogens is 344 g/mol. The van der Waals surface area contributed by atoms with E-state index in [1.54, 1.807) is 0 Å². The van der Waals surface area contributed by atoms with Crippen LogP contribution < -0.4 is 10.6 Å². The van der Waals surface area contributed by atoms with E-state index in [0.29, 0.717) is 6.61 Å². The molecule has 7 nitrogen and oxygen atoms in total. The van der Waals surface area contributed by atoms with Gasteiger partial charge in [0.25, 0.3) is 0 Å². The van der Waals surface area contributed by atoms with Crippen LogP contribution in [0.2, 0.25) is 0 Å². The number of hydrogen-bond acceptors (Lipinski definition) is 4. The summed E-state index contributed by atoms with van der Waals surface area (Å²) in [5.41, 5.74) is 1.27. The maximum absolute atomic E-state index is 12.8. The predicted molar refractivity (Wildman–Crippen MR) is 102 cm³/mol. The van der Waals surface area contributed by atoms with Crippen LogP contribution in [-0.2, 0) is 9.47 Å². The van der Waals surface area contributed by atoms with Crippen LogP contribution in [0.3, 0.4) is 0 Å². The van der Waals surface area contributed by atoms with Crippen LogP contribution in [0.4, 0.5) is 4.79 Å². The van der Waals surface area contributed by atoms with E-state index in [9.17, 15) is 4.79 Å². The summed E-state index contributed by atoms with van der Waals surface area (Å²) >= 11 is 0. The molecule has 3 heterocycles. The molecule has 3 aliphatic rings. The van der Waals surface area contributed by atoms with E-state index in [1.165, 1.54) is 12.8 Å². The van der Waals surface area contributed by atoms with Gasteiger partial charge in [-0.25, -0.2) is 4.79 Å². The van der Waals surface area contributed by atoms with Gasteiger partial charge in [0, 0.05) is 38.1 Å². The van der Waals surface area contributed by atoms with Crippen molar-refractivity contribution in [2.75, 3.05) is 19.8 Å². The zero-order valence-electron chi connectivity index (χ0n) is 16.4. The molecule has 150 valence electrons. The van der Waals surface area contributed by atoms with Gasteiger partial charge in [-0.3, -0.25) is 4.68 Å². The molecule has 27 heavy (non-hydrogen) atoms. The van der Waals surface area contributed by atoms with Crippen molar-refractivity contribution in [1.29, 1.82) is 0 Å². The van der Waals surface area contributed by atoms with Crippen LogP contribution in [0, 0.1) is 5.41 Å². The minimum Gasteiger partial charge on any atom is -0.381 e. The number of ether oxygens (including phenoxy) is 2. The van der Waals surface area contributed by atoms with Gasteiger partial charge in [0.15, 0.2) is 0 Å². The van der Waals surface area contributed by atoms with Crippen molar-refractivity contribution in [3.63, 3.8) is 0 Å². The third-order valence-corrected chi connectivity index (χ3v) is 6.59. The van der Waals surface area contributed by atoms with Crippen molar-refractivity contribution >= 4 is 6.03 Å². The normalized spacial score (nSPS) is 30.1. The van der Waals surface area contributed by atoms with Crippen molar-refractivity contribution in [3.8, 4) is 0 Å². The van der Waals surface area contributed by atoms with Gasteiger partial charge in [0.2, 0.25) is 0 Å². The zero-order chi connectivity index (χ0) is 18.9. The summed E-state index contributed by atoms with van der Waals surface area (Å²) < 4.78 is 13.5. The number of carbonyl (C=O) groups is 1. The van der Waals surface area contributed by atoms with Gasteiger partial charge in [-0.1, -0.05) is 6.42 Å². The molecule has 2 N–H and O–H groups in total. The van der Waals surface area contributed by atoms with Crippen LogP contribution in [0.1, 0.15) is 70.2 Å². The first kappa shape index (κ1) is 18.7. The Balaban J connectivity index is 1.39. The zero-order valence-corrected chi connectivity index (χ0v) is 16.4. The third-order valence-electron chi connectivity index (χ3n) is 6.59. The lowest BCUT2D eigenvalue weighted by Gasteiger charge is -2.39. The minimum absolute atomic E-state index is 0.0220. The van der Waals surface area contributed by atoms with Gasteiger partial charge in [-0.05, 0) is 57.4 Å². The van der Waals surface area contributed by atoms with Crippen LogP contribution in [0.25, 0.3) is 0 Å². The fraction of sp³-hybridized carbons (Fsp3) is 0.800. The third kappa shape index (κ3) is 3.72. The fourth-order valence-electron chi connectivity index (χ4n) is 5.12. The Labute approximate surface area is 161 Å². The van der Waals surface area contributed by atoms with Gasteiger partial charge in [0.1, 0.15) is 6.10 Å². The Morgan fingerprint density at radius 1 is 1.22 bits per heavy atom. The molecule has 4 rings (SSSR count). The number of urea groups is 1. The van der Waals surface area contributed by atoms with Crippen LogP contribution in [0.5, 0.6) is 0 Å². The molecule has 2 saturated heterocycles. The summed E-state index contributed by atoms with van der Waals surface area (Å²) in [6.45, 7) is 6.50. The van der Waals surface area contributed by atoms with Crippen molar-refractivity contribution < 1.29 is 14.3 Å². The highest BCUT2D eigenvalue weighted by Gasteiger charge is 2.44. The number of rotatable bonds is 4.